The van der Waals surface area contributed by atoms with Gasteiger partial charge in [0.25, 0.3) is 0 Å². The molecule has 5 rings (SSSR count). The number of hydrogen-bond acceptors (Lipinski definition) is 1. The molecule has 0 saturated carbocycles. The third-order valence-electron chi connectivity index (χ3n) is 5.74. The summed E-state index contributed by atoms with van der Waals surface area (Å²) < 4.78 is 1.05. The van der Waals surface area contributed by atoms with E-state index in [2.05, 4.69) is 154 Å². The minimum atomic E-state index is 1.05. The van der Waals surface area contributed by atoms with E-state index < -0.39 is 0 Å². The van der Waals surface area contributed by atoms with Crippen LogP contribution in [0.5, 0.6) is 0 Å². The van der Waals surface area contributed by atoms with Gasteiger partial charge < -0.3 is 4.90 Å². The molecular formula is C32H24BrN. The monoisotopic (exact) mass is 501 g/mol. The fraction of sp³-hybridized carbons (Fsp3) is 0. The van der Waals surface area contributed by atoms with Crippen LogP contribution in [-0.2, 0) is 0 Å². The molecule has 5 aromatic carbocycles. The number of anilines is 3. The second-order valence-electron chi connectivity index (χ2n) is 8.00. The van der Waals surface area contributed by atoms with Gasteiger partial charge in [0.05, 0.1) is 0 Å². The highest BCUT2D eigenvalue weighted by Gasteiger charge is 2.14. The van der Waals surface area contributed by atoms with Crippen molar-refractivity contribution >= 4 is 44.6 Å². The summed E-state index contributed by atoms with van der Waals surface area (Å²) in [6.45, 7) is 0. The van der Waals surface area contributed by atoms with Crippen LogP contribution in [0.3, 0.4) is 0 Å². The van der Waals surface area contributed by atoms with Crippen LogP contribution in [0.25, 0.3) is 11.6 Å². The summed E-state index contributed by atoms with van der Waals surface area (Å²) in [5.74, 6) is 0. The summed E-state index contributed by atoms with van der Waals surface area (Å²) in [6, 6.07) is 48.6. The Morgan fingerprint density at radius 2 is 0.941 bits per heavy atom. The van der Waals surface area contributed by atoms with Gasteiger partial charge in [-0.3, -0.25) is 0 Å². The quantitative estimate of drug-likeness (QED) is 0.209. The van der Waals surface area contributed by atoms with Gasteiger partial charge >= 0.3 is 0 Å². The molecule has 164 valence electrons. The first-order valence-corrected chi connectivity index (χ1v) is 12.1. The topological polar surface area (TPSA) is 3.24 Å². The van der Waals surface area contributed by atoms with Crippen molar-refractivity contribution in [2.75, 3.05) is 4.90 Å². The number of nitrogens with zero attached hydrogens (tertiary/aromatic N) is 1. The zero-order chi connectivity index (χ0) is 23.2. The van der Waals surface area contributed by atoms with Crippen LogP contribution < -0.4 is 4.90 Å². The van der Waals surface area contributed by atoms with Gasteiger partial charge in [0, 0.05) is 21.5 Å². The second-order valence-corrected chi connectivity index (χ2v) is 8.86. The average molecular weight is 502 g/mol. The summed E-state index contributed by atoms with van der Waals surface area (Å²) >= 11 is 3.86. The first kappa shape index (κ1) is 21.9. The minimum absolute atomic E-state index is 1.05. The van der Waals surface area contributed by atoms with Crippen molar-refractivity contribution in [3.63, 3.8) is 0 Å². The van der Waals surface area contributed by atoms with E-state index in [1.165, 1.54) is 16.7 Å². The summed E-state index contributed by atoms with van der Waals surface area (Å²) in [7, 11) is 0. The lowest BCUT2D eigenvalue weighted by atomic mass is 9.95. The predicted molar refractivity (Wildman–Crippen MR) is 149 cm³/mol. The van der Waals surface area contributed by atoms with Crippen LogP contribution in [0.4, 0.5) is 17.1 Å². The Bertz CT molecular complexity index is 1300. The van der Waals surface area contributed by atoms with E-state index in [0.717, 1.165) is 27.1 Å². The molecule has 0 aliphatic heterocycles. The van der Waals surface area contributed by atoms with Crippen molar-refractivity contribution in [1.29, 1.82) is 0 Å². The minimum Gasteiger partial charge on any atom is -0.310 e. The van der Waals surface area contributed by atoms with Gasteiger partial charge in [0.1, 0.15) is 0 Å². The molecule has 0 spiro atoms. The summed E-state index contributed by atoms with van der Waals surface area (Å²) in [6.07, 6.45) is 2.26. The van der Waals surface area contributed by atoms with Crippen molar-refractivity contribution in [1.82, 2.24) is 0 Å². The van der Waals surface area contributed by atoms with Gasteiger partial charge in [-0.25, -0.2) is 0 Å². The Morgan fingerprint density at radius 1 is 0.500 bits per heavy atom. The molecule has 34 heavy (non-hydrogen) atoms. The van der Waals surface area contributed by atoms with Crippen molar-refractivity contribution in [2.45, 2.75) is 0 Å². The maximum absolute atomic E-state index is 3.86. The molecule has 0 aromatic heterocycles. The molecule has 0 fully saturated rings. The number of halogens is 1. The third-order valence-corrected chi connectivity index (χ3v) is 6.43. The van der Waals surface area contributed by atoms with Crippen molar-refractivity contribution in [3.05, 3.63) is 161 Å². The smallest absolute Gasteiger partial charge is 0.0473 e. The molecule has 2 heteroatoms. The number of para-hydroxylation sites is 2. The molecule has 1 nitrogen and oxygen atoms in total. The summed E-state index contributed by atoms with van der Waals surface area (Å²) in [5, 5.41) is 0. The van der Waals surface area contributed by atoms with Crippen LogP contribution in [0.15, 0.2) is 144 Å². The molecule has 0 aliphatic rings. The number of benzene rings is 5. The summed E-state index contributed by atoms with van der Waals surface area (Å²) in [4.78, 5) is 2.27. The van der Waals surface area contributed by atoms with E-state index in [1.807, 2.05) is 12.1 Å². The van der Waals surface area contributed by atoms with Gasteiger partial charge in [0.2, 0.25) is 0 Å². The first-order valence-electron chi connectivity index (χ1n) is 11.3. The molecular weight excluding hydrogens is 478 g/mol. The highest BCUT2D eigenvalue weighted by atomic mass is 79.9. The third kappa shape index (κ3) is 4.88. The SMILES string of the molecule is Brc1cc(N(c2ccccc2)c2ccccc2)ccc1C=C(c1ccccc1)c1ccccc1. The van der Waals surface area contributed by atoms with Gasteiger partial charge in [-0.1, -0.05) is 119 Å². The van der Waals surface area contributed by atoms with Gasteiger partial charge in [-0.05, 0) is 64.7 Å². The van der Waals surface area contributed by atoms with E-state index in [0.29, 0.717) is 0 Å². The lowest BCUT2D eigenvalue weighted by Gasteiger charge is -2.26. The number of rotatable bonds is 6. The average Bonchev–Trinajstić information content (AvgIpc) is 2.91. The molecule has 0 bridgehead atoms. The maximum atomic E-state index is 3.86. The zero-order valence-electron chi connectivity index (χ0n) is 18.7. The molecule has 0 atom stereocenters. The molecule has 0 saturated heterocycles. The summed E-state index contributed by atoms with van der Waals surface area (Å²) in [5.41, 5.74) is 8.06. The molecule has 0 unspecified atom stereocenters. The Balaban J connectivity index is 1.59. The Hall–Kier alpha value is -3.88. The van der Waals surface area contributed by atoms with Crippen LogP contribution >= 0.6 is 15.9 Å². The Labute approximate surface area is 209 Å². The maximum Gasteiger partial charge on any atom is 0.0473 e. The van der Waals surface area contributed by atoms with E-state index >= 15 is 0 Å². The number of hydrogen-bond donors (Lipinski definition) is 0. The lowest BCUT2D eigenvalue weighted by Crippen LogP contribution is -2.09. The van der Waals surface area contributed by atoms with Gasteiger partial charge in [-0.2, -0.15) is 0 Å². The van der Waals surface area contributed by atoms with Gasteiger partial charge in [0.15, 0.2) is 0 Å². The fourth-order valence-electron chi connectivity index (χ4n) is 4.10. The van der Waals surface area contributed by atoms with E-state index in [1.54, 1.807) is 0 Å². The highest BCUT2D eigenvalue weighted by Crippen LogP contribution is 2.37. The standard InChI is InChI=1S/C32H24BrN/c33-32-24-30(34(28-17-9-3-10-18-28)29-19-11-4-12-20-29)22-21-27(32)23-31(25-13-5-1-6-14-25)26-15-7-2-8-16-26/h1-24H. The molecule has 0 amide bonds. The molecule has 5 aromatic rings. The molecule has 0 radical (unpaired) electrons. The molecule has 0 aliphatic carbocycles. The van der Waals surface area contributed by atoms with Crippen LogP contribution in [0.1, 0.15) is 16.7 Å². The molecule has 0 heterocycles. The van der Waals surface area contributed by atoms with E-state index in [4.69, 9.17) is 0 Å². The highest BCUT2D eigenvalue weighted by molar-refractivity contribution is 9.10. The fourth-order valence-corrected chi connectivity index (χ4v) is 4.58. The van der Waals surface area contributed by atoms with Crippen LogP contribution in [-0.4, -0.2) is 0 Å². The van der Waals surface area contributed by atoms with Crippen molar-refractivity contribution in [3.8, 4) is 0 Å². The normalized spacial score (nSPS) is 10.5. The van der Waals surface area contributed by atoms with Gasteiger partial charge in [-0.15, -0.1) is 0 Å². The van der Waals surface area contributed by atoms with Crippen LogP contribution in [0, 0.1) is 0 Å². The Kier molecular flexibility index (Phi) is 6.69. The predicted octanol–water partition coefficient (Wildman–Crippen LogP) is 9.51. The van der Waals surface area contributed by atoms with Crippen LogP contribution in [0.2, 0.25) is 0 Å². The lowest BCUT2D eigenvalue weighted by molar-refractivity contribution is 1.28. The Morgan fingerprint density at radius 3 is 1.38 bits per heavy atom. The largest absolute Gasteiger partial charge is 0.310 e. The van der Waals surface area contributed by atoms with Crippen molar-refractivity contribution in [2.24, 2.45) is 0 Å². The van der Waals surface area contributed by atoms with Crippen molar-refractivity contribution < 1.29 is 0 Å². The zero-order valence-corrected chi connectivity index (χ0v) is 20.3. The second kappa shape index (κ2) is 10.4. The van der Waals surface area contributed by atoms with E-state index in [-0.39, 0.29) is 0 Å². The molecule has 0 N–H and O–H groups in total. The van der Waals surface area contributed by atoms with E-state index in [9.17, 15) is 0 Å². The first-order chi connectivity index (χ1) is 16.8.